The van der Waals surface area contributed by atoms with Crippen LogP contribution < -0.4 is 21.5 Å². The molecule has 0 saturated heterocycles. The van der Waals surface area contributed by atoms with Crippen molar-refractivity contribution in [2.75, 3.05) is 0 Å². The van der Waals surface area contributed by atoms with Crippen molar-refractivity contribution in [2.45, 2.75) is 160 Å². The molecular weight excluding hydrogens is 1310 g/mol. The summed E-state index contributed by atoms with van der Waals surface area (Å²) in [7, 11) is 0. The van der Waals surface area contributed by atoms with Gasteiger partial charge in [-0.1, -0.05) is 0 Å². The number of benzene rings is 6. The molecule has 0 atom stereocenters. The maximum Gasteiger partial charge on any atom is 0 e. The monoisotopic (exact) mass is 1400 g/mol. The van der Waals surface area contributed by atoms with Gasteiger partial charge in [-0.25, -0.2) is 0 Å². The Morgan fingerprint density at radius 3 is 0.369 bits per heavy atom. The molecule has 0 nitrogen and oxygen atoms in total. The summed E-state index contributed by atoms with van der Waals surface area (Å²) in [4.78, 5) is 0. The number of rotatable bonds is 18. The minimum atomic E-state index is -0.728. The first-order valence-corrected chi connectivity index (χ1v) is 33.3. The second kappa shape index (κ2) is 33.0. The second-order valence-electron chi connectivity index (χ2n) is 16.3. The Hall–Kier alpha value is -0.686. The topological polar surface area (TPSA) is 0 Å². The maximum absolute atomic E-state index is 2.34. The molecule has 0 bridgehead atoms. The molecular formula is C60H78Sn5. The zero-order valence-corrected chi connectivity index (χ0v) is 56.6. The zero-order chi connectivity index (χ0) is 45.7. The largest absolute Gasteiger partial charge is 0 e. The molecule has 0 unspecified atom stereocenters. The van der Waals surface area contributed by atoms with E-state index in [2.05, 4.69) is 192 Å². The Morgan fingerprint density at radius 1 is 0.200 bits per heavy atom. The van der Waals surface area contributed by atoms with Crippen LogP contribution in [-0.4, -0.2) is 111 Å². The van der Waals surface area contributed by atoms with E-state index in [4.69, 9.17) is 0 Å². The standard InChI is InChI=1S/6C10H13.5Sn/c6*1-3-9-6-5-7-10(4-2)8-9;;;;;/h6*5-7H,3-4H2,1-2H3;;;;;. The van der Waals surface area contributed by atoms with Gasteiger partial charge in [0.05, 0.1) is 0 Å². The summed E-state index contributed by atoms with van der Waals surface area (Å²) in [6.45, 7) is 27.5. The molecule has 0 aliphatic rings. The van der Waals surface area contributed by atoms with Crippen LogP contribution in [0.4, 0.5) is 0 Å². The summed E-state index contributed by atoms with van der Waals surface area (Å²) in [5.74, 6) is 0. The van der Waals surface area contributed by atoms with Gasteiger partial charge in [0.1, 0.15) is 0 Å². The van der Waals surface area contributed by atoms with Gasteiger partial charge in [-0.05, 0) is 0 Å². The maximum atomic E-state index is 2.34. The molecule has 6 aromatic carbocycles. The van der Waals surface area contributed by atoms with Crippen molar-refractivity contribution >= 4 is 133 Å². The van der Waals surface area contributed by atoms with Gasteiger partial charge in [0.25, 0.3) is 0 Å². The molecule has 6 aromatic rings. The van der Waals surface area contributed by atoms with E-state index in [1.54, 1.807) is 88.2 Å². The van der Waals surface area contributed by atoms with E-state index < -0.39 is 63.4 Å². The molecule has 5 heteroatoms. The van der Waals surface area contributed by atoms with Crippen LogP contribution in [0.5, 0.6) is 0 Å². The van der Waals surface area contributed by atoms with Crippen LogP contribution in [-0.2, 0) is 77.0 Å². The van der Waals surface area contributed by atoms with Crippen LogP contribution in [0.3, 0.4) is 0 Å². The van der Waals surface area contributed by atoms with Gasteiger partial charge in [-0.2, -0.15) is 0 Å². The van der Waals surface area contributed by atoms with Crippen molar-refractivity contribution < 1.29 is 0 Å². The van der Waals surface area contributed by atoms with Crippen molar-refractivity contribution in [3.05, 3.63) is 176 Å². The fraction of sp³-hybridized carbons (Fsp3) is 0.400. The van der Waals surface area contributed by atoms with E-state index >= 15 is 0 Å². The molecule has 6 rings (SSSR count). The van der Waals surface area contributed by atoms with Crippen LogP contribution in [0.25, 0.3) is 0 Å². The zero-order valence-electron chi connectivity index (χ0n) is 42.4. The third-order valence-electron chi connectivity index (χ3n) is 12.7. The van der Waals surface area contributed by atoms with Crippen LogP contribution in [0.15, 0.2) is 109 Å². The van der Waals surface area contributed by atoms with E-state index in [-0.39, 0.29) is 47.8 Å². The van der Waals surface area contributed by atoms with Gasteiger partial charge in [0.2, 0.25) is 0 Å². The third kappa shape index (κ3) is 16.7. The summed E-state index contributed by atoms with van der Waals surface area (Å²) in [5.41, 5.74) is 19.1. The first-order chi connectivity index (χ1) is 30.7. The van der Waals surface area contributed by atoms with E-state index in [0.29, 0.717) is 0 Å². The van der Waals surface area contributed by atoms with Crippen molar-refractivity contribution in [1.29, 1.82) is 0 Å². The van der Waals surface area contributed by atoms with E-state index in [1.807, 2.05) is 0 Å². The molecule has 0 fully saturated rings. The molecule has 0 aliphatic carbocycles. The molecule has 0 aliphatic heterocycles. The summed E-state index contributed by atoms with van der Waals surface area (Å²) >= 11 is -2.18. The fourth-order valence-electron chi connectivity index (χ4n) is 8.79. The van der Waals surface area contributed by atoms with Crippen LogP contribution in [0.1, 0.15) is 150 Å². The Labute approximate surface area is 463 Å². The predicted octanol–water partition coefficient (Wildman–Crippen LogP) is 10.0. The Kier molecular flexibility index (Phi) is 30.7. The Morgan fingerprint density at radius 2 is 0.292 bits per heavy atom. The first-order valence-electron chi connectivity index (χ1n) is 24.7. The molecule has 0 aromatic heterocycles. The second-order valence-corrected chi connectivity index (χ2v) is 27.0. The Bertz CT molecular complexity index is 1770. The number of hydrogen-bond donors (Lipinski definition) is 0. The number of aryl methyl sites for hydroxylation is 12. The van der Waals surface area contributed by atoms with Gasteiger partial charge in [-0.3, -0.25) is 0 Å². The Balaban J connectivity index is 0.000000330. The molecule has 0 heterocycles. The SMILES string of the molecule is CCc1cccc(CC)[c]1[Sn][c]1c(CC)cccc1CC.CCc1cccc(CC)[c]1[Sn][c]1c(CC)cccc1CC.CCc1cccc(CC)[c]1[Sn][c]1c(CC)cccc1CC.[Sn].[Sn]. The molecule has 0 saturated carbocycles. The van der Waals surface area contributed by atoms with Gasteiger partial charge in [0, 0.05) is 47.8 Å². The number of hydrogen-bond acceptors (Lipinski definition) is 0. The minimum Gasteiger partial charge on any atom is 0 e. The van der Waals surface area contributed by atoms with E-state index in [1.165, 1.54) is 77.0 Å². The average Bonchev–Trinajstić information content (AvgIpc) is 3.34. The quantitative estimate of drug-likeness (QED) is 0.0753. The minimum absolute atomic E-state index is 0. The molecule has 0 N–H and O–H groups in total. The van der Waals surface area contributed by atoms with Crippen molar-refractivity contribution in [2.24, 2.45) is 0 Å². The normalized spacial score (nSPS) is 10.5. The molecule has 65 heavy (non-hydrogen) atoms. The first kappa shape index (κ1) is 60.4. The third-order valence-corrected chi connectivity index (χ3v) is 28.0. The average molecular weight is 1390 g/mol. The molecule has 0 spiro atoms. The predicted molar refractivity (Wildman–Crippen MR) is 298 cm³/mol. The fourth-order valence-corrected chi connectivity index (χ4v) is 25.3. The van der Waals surface area contributed by atoms with Gasteiger partial charge < -0.3 is 0 Å². The summed E-state index contributed by atoms with van der Waals surface area (Å²) < 4.78 is 10.4. The van der Waals surface area contributed by atoms with Crippen LogP contribution in [0, 0.1) is 0 Å². The van der Waals surface area contributed by atoms with Gasteiger partial charge in [0.15, 0.2) is 0 Å². The van der Waals surface area contributed by atoms with E-state index in [0.717, 1.165) is 0 Å². The molecule has 338 valence electrons. The van der Waals surface area contributed by atoms with Crippen molar-refractivity contribution in [3.63, 3.8) is 0 Å². The summed E-state index contributed by atoms with van der Waals surface area (Å²) in [6.07, 6.45) is 14.0. The summed E-state index contributed by atoms with van der Waals surface area (Å²) in [6, 6.07) is 41.6. The molecule has 14 radical (unpaired) electrons. The van der Waals surface area contributed by atoms with E-state index in [9.17, 15) is 0 Å². The van der Waals surface area contributed by atoms with Crippen molar-refractivity contribution in [3.8, 4) is 0 Å². The summed E-state index contributed by atoms with van der Waals surface area (Å²) in [5, 5.41) is 0. The van der Waals surface area contributed by atoms with Gasteiger partial charge in [-0.15, -0.1) is 0 Å². The van der Waals surface area contributed by atoms with Gasteiger partial charge >= 0.3 is 421 Å². The van der Waals surface area contributed by atoms with Crippen molar-refractivity contribution in [1.82, 2.24) is 0 Å². The molecule has 0 amide bonds. The smallest absolute Gasteiger partial charge is 0 e. The van der Waals surface area contributed by atoms with Crippen LogP contribution in [0.2, 0.25) is 0 Å². The van der Waals surface area contributed by atoms with Crippen LogP contribution >= 0.6 is 0 Å².